The Hall–Kier alpha value is -2.24. The molecule has 0 atom stereocenters. The number of hydrogen-bond acceptors (Lipinski definition) is 5. The van der Waals surface area contributed by atoms with Crippen LogP contribution in [0.25, 0.3) is 0 Å². The second-order valence-corrected chi connectivity index (χ2v) is 5.93. The van der Waals surface area contributed by atoms with Gasteiger partial charge in [0.05, 0.1) is 17.2 Å². The molecule has 2 aromatic carbocycles. The van der Waals surface area contributed by atoms with E-state index >= 15 is 0 Å². The van der Waals surface area contributed by atoms with Gasteiger partial charge in [-0.1, -0.05) is 29.3 Å². The first-order valence-corrected chi connectivity index (χ1v) is 8.07. The number of carbonyl (C=O) groups excluding carboxylic acids is 2. The number of halogens is 2. The highest BCUT2D eigenvalue weighted by molar-refractivity contribution is 6.42. The van der Waals surface area contributed by atoms with Crippen LogP contribution >= 0.6 is 23.2 Å². The quantitative estimate of drug-likeness (QED) is 0.526. The van der Waals surface area contributed by atoms with Gasteiger partial charge in [-0.3, -0.25) is 4.79 Å². The molecule has 5 nitrogen and oxygen atoms in total. The van der Waals surface area contributed by atoms with Crippen LogP contribution in [0.4, 0.5) is 0 Å². The molecule has 2 aromatic rings. The Morgan fingerprint density at radius 2 is 1.76 bits per heavy atom. The summed E-state index contributed by atoms with van der Waals surface area (Å²) in [6.45, 7) is 1.21. The third-order valence-electron chi connectivity index (χ3n) is 3.30. The largest absolute Gasteiger partial charge is 0.493 e. The molecule has 0 aliphatic rings. The maximum atomic E-state index is 11.8. The number of ketones is 1. The zero-order valence-corrected chi connectivity index (χ0v) is 15.2. The van der Waals surface area contributed by atoms with E-state index in [4.69, 9.17) is 37.4 Å². The standard InChI is InChI=1S/C18H16Cl2O5/c1-11(21)13-4-6-16(17(8-13)23-2)24-10-18(22)25-9-12-3-5-14(19)15(20)7-12/h3-8H,9-10H2,1-2H3. The van der Waals surface area contributed by atoms with Crippen LogP contribution < -0.4 is 9.47 Å². The summed E-state index contributed by atoms with van der Waals surface area (Å²) in [6.07, 6.45) is 0. The van der Waals surface area contributed by atoms with Crippen molar-refractivity contribution in [3.63, 3.8) is 0 Å². The molecule has 0 heterocycles. The van der Waals surface area contributed by atoms with Crippen molar-refractivity contribution in [1.29, 1.82) is 0 Å². The summed E-state index contributed by atoms with van der Waals surface area (Å²) in [6, 6.07) is 9.69. The Morgan fingerprint density at radius 3 is 2.40 bits per heavy atom. The van der Waals surface area contributed by atoms with Crippen LogP contribution in [-0.4, -0.2) is 25.5 Å². The van der Waals surface area contributed by atoms with Crippen LogP contribution in [0.1, 0.15) is 22.8 Å². The fraction of sp³-hybridized carbons (Fsp3) is 0.222. The van der Waals surface area contributed by atoms with Gasteiger partial charge in [0.25, 0.3) is 0 Å². The van der Waals surface area contributed by atoms with Crippen molar-refractivity contribution in [2.75, 3.05) is 13.7 Å². The van der Waals surface area contributed by atoms with Gasteiger partial charge >= 0.3 is 5.97 Å². The molecular formula is C18H16Cl2O5. The number of rotatable bonds is 7. The number of benzene rings is 2. The van der Waals surface area contributed by atoms with Crippen molar-refractivity contribution in [2.24, 2.45) is 0 Å². The zero-order valence-electron chi connectivity index (χ0n) is 13.7. The predicted molar refractivity (Wildman–Crippen MR) is 94.8 cm³/mol. The van der Waals surface area contributed by atoms with E-state index in [1.165, 1.54) is 14.0 Å². The molecule has 0 aliphatic heterocycles. The summed E-state index contributed by atoms with van der Waals surface area (Å²) in [5.74, 6) is 0.0682. The average molecular weight is 383 g/mol. The molecule has 0 saturated heterocycles. The number of carbonyl (C=O) groups is 2. The van der Waals surface area contributed by atoms with Crippen LogP contribution in [0.5, 0.6) is 11.5 Å². The summed E-state index contributed by atoms with van der Waals surface area (Å²) in [5.41, 5.74) is 1.21. The van der Waals surface area contributed by atoms with Crippen molar-refractivity contribution in [3.8, 4) is 11.5 Å². The topological polar surface area (TPSA) is 61.8 Å². The summed E-state index contributed by atoms with van der Waals surface area (Å²) in [4.78, 5) is 23.2. The van der Waals surface area contributed by atoms with Crippen molar-refractivity contribution in [1.82, 2.24) is 0 Å². The number of Topliss-reactive ketones (excluding diaryl/α,β-unsaturated/α-hetero) is 1. The smallest absolute Gasteiger partial charge is 0.344 e. The minimum Gasteiger partial charge on any atom is -0.493 e. The van der Waals surface area contributed by atoms with Crippen molar-refractivity contribution < 1.29 is 23.8 Å². The van der Waals surface area contributed by atoms with E-state index in [0.717, 1.165) is 0 Å². The molecule has 0 aliphatic carbocycles. The van der Waals surface area contributed by atoms with Crippen LogP contribution in [0, 0.1) is 0 Å². The van der Waals surface area contributed by atoms with E-state index in [1.54, 1.807) is 36.4 Å². The number of ether oxygens (including phenoxy) is 3. The SMILES string of the molecule is COc1cc(C(C)=O)ccc1OCC(=O)OCc1ccc(Cl)c(Cl)c1. The molecule has 0 saturated carbocycles. The lowest BCUT2D eigenvalue weighted by Crippen LogP contribution is -2.15. The van der Waals surface area contributed by atoms with Crippen molar-refractivity contribution >= 4 is 35.0 Å². The lowest BCUT2D eigenvalue weighted by molar-refractivity contribution is -0.147. The third kappa shape index (κ3) is 5.37. The molecule has 0 aromatic heterocycles. The number of methoxy groups -OCH3 is 1. The average Bonchev–Trinajstić information content (AvgIpc) is 2.60. The Morgan fingerprint density at radius 1 is 1.00 bits per heavy atom. The molecule has 0 fully saturated rings. The first-order chi connectivity index (χ1) is 11.9. The minimum absolute atomic E-state index is 0.0551. The Balaban J connectivity index is 1.91. The lowest BCUT2D eigenvalue weighted by atomic mass is 10.1. The summed E-state index contributed by atoms with van der Waals surface area (Å²) in [7, 11) is 1.45. The van der Waals surface area contributed by atoms with Crippen LogP contribution in [0.2, 0.25) is 10.0 Å². The van der Waals surface area contributed by atoms with Gasteiger partial charge in [-0.15, -0.1) is 0 Å². The van der Waals surface area contributed by atoms with E-state index in [0.29, 0.717) is 32.7 Å². The van der Waals surface area contributed by atoms with E-state index in [2.05, 4.69) is 0 Å². The molecule has 0 spiro atoms. The zero-order chi connectivity index (χ0) is 18.4. The lowest BCUT2D eigenvalue weighted by Gasteiger charge is -2.11. The van der Waals surface area contributed by atoms with Crippen LogP contribution in [0.15, 0.2) is 36.4 Å². The normalized spacial score (nSPS) is 10.2. The first kappa shape index (κ1) is 19.1. The minimum atomic E-state index is -0.552. The molecule has 132 valence electrons. The maximum Gasteiger partial charge on any atom is 0.344 e. The third-order valence-corrected chi connectivity index (χ3v) is 4.04. The maximum absolute atomic E-state index is 11.8. The monoisotopic (exact) mass is 382 g/mol. The second-order valence-electron chi connectivity index (χ2n) is 5.12. The first-order valence-electron chi connectivity index (χ1n) is 7.32. The van der Waals surface area contributed by atoms with Crippen LogP contribution in [-0.2, 0) is 16.1 Å². The molecule has 2 rings (SSSR count). The second kappa shape index (κ2) is 8.74. The van der Waals surface area contributed by atoms with Gasteiger partial charge in [0, 0.05) is 5.56 Å². The van der Waals surface area contributed by atoms with E-state index in [-0.39, 0.29) is 19.0 Å². The van der Waals surface area contributed by atoms with Gasteiger partial charge < -0.3 is 14.2 Å². The molecule has 7 heteroatoms. The van der Waals surface area contributed by atoms with Crippen molar-refractivity contribution in [2.45, 2.75) is 13.5 Å². The van der Waals surface area contributed by atoms with E-state index in [9.17, 15) is 9.59 Å². The van der Waals surface area contributed by atoms with Gasteiger partial charge in [0.15, 0.2) is 23.9 Å². The molecule has 0 amide bonds. The fourth-order valence-electron chi connectivity index (χ4n) is 1.98. The molecule has 25 heavy (non-hydrogen) atoms. The van der Waals surface area contributed by atoms with Gasteiger partial charge in [0.2, 0.25) is 0 Å². The summed E-state index contributed by atoms with van der Waals surface area (Å²) in [5, 5.41) is 0.822. The van der Waals surface area contributed by atoms with E-state index in [1.807, 2.05) is 0 Å². The molecule has 0 bridgehead atoms. The highest BCUT2D eigenvalue weighted by Gasteiger charge is 2.11. The van der Waals surface area contributed by atoms with Gasteiger partial charge in [-0.25, -0.2) is 4.79 Å². The van der Waals surface area contributed by atoms with Gasteiger partial charge in [-0.05, 0) is 42.8 Å². The molecule has 0 radical (unpaired) electrons. The number of hydrogen-bond donors (Lipinski definition) is 0. The number of esters is 1. The highest BCUT2D eigenvalue weighted by Crippen LogP contribution is 2.28. The fourth-order valence-corrected chi connectivity index (χ4v) is 2.30. The molecular weight excluding hydrogens is 367 g/mol. The predicted octanol–water partition coefficient (Wildman–Crippen LogP) is 4.33. The summed E-state index contributed by atoms with van der Waals surface area (Å²) < 4.78 is 15.7. The summed E-state index contributed by atoms with van der Waals surface area (Å²) >= 11 is 11.7. The molecule has 0 unspecified atom stereocenters. The Kier molecular flexibility index (Phi) is 6.67. The van der Waals surface area contributed by atoms with Gasteiger partial charge in [-0.2, -0.15) is 0 Å². The van der Waals surface area contributed by atoms with Crippen LogP contribution in [0.3, 0.4) is 0 Å². The Labute approximate surface area is 155 Å². The van der Waals surface area contributed by atoms with Crippen molar-refractivity contribution in [3.05, 3.63) is 57.6 Å². The highest BCUT2D eigenvalue weighted by atomic mass is 35.5. The van der Waals surface area contributed by atoms with E-state index < -0.39 is 5.97 Å². The molecule has 0 N–H and O–H groups in total. The Bertz CT molecular complexity index is 789. The van der Waals surface area contributed by atoms with Gasteiger partial charge in [0.1, 0.15) is 6.61 Å².